The van der Waals surface area contributed by atoms with E-state index in [9.17, 15) is 8.42 Å². The van der Waals surface area contributed by atoms with Gasteiger partial charge in [0.1, 0.15) is 11.8 Å². The van der Waals surface area contributed by atoms with Crippen molar-refractivity contribution < 1.29 is 17.7 Å². The fraction of sp³-hybridized carbons (Fsp3) is 0.462. The second kappa shape index (κ2) is 13.4. The maximum absolute atomic E-state index is 12.9. The second-order valence-electron chi connectivity index (χ2n) is 8.43. The molecule has 3 rings (SSSR count). The highest BCUT2D eigenvalue weighted by molar-refractivity contribution is 7.89. The van der Waals surface area contributed by atoms with Crippen LogP contribution in [0.2, 0.25) is 0 Å². The summed E-state index contributed by atoms with van der Waals surface area (Å²) in [5.74, 6) is 1.55. The maximum Gasteiger partial charge on any atom is 0.244 e. The van der Waals surface area contributed by atoms with Gasteiger partial charge in [-0.1, -0.05) is 67.5 Å². The zero-order valence-electron chi connectivity index (χ0n) is 20.8. The van der Waals surface area contributed by atoms with E-state index in [0.29, 0.717) is 31.5 Å². The lowest BCUT2D eigenvalue weighted by Crippen LogP contribution is -2.33. The maximum atomic E-state index is 12.9. The van der Waals surface area contributed by atoms with Crippen LogP contribution in [-0.4, -0.2) is 56.0 Å². The molecule has 0 fully saturated rings. The van der Waals surface area contributed by atoms with Gasteiger partial charge in [-0.2, -0.15) is 4.98 Å². The number of rotatable bonds is 15. The van der Waals surface area contributed by atoms with Gasteiger partial charge in [-0.3, -0.25) is 0 Å². The van der Waals surface area contributed by atoms with Crippen molar-refractivity contribution in [1.82, 2.24) is 19.8 Å². The van der Waals surface area contributed by atoms with Crippen LogP contribution >= 0.6 is 0 Å². The molecule has 1 aromatic heterocycles. The first-order valence-electron chi connectivity index (χ1n) is 12.1. The van der Waals surface area contributed by atoms with Crippen LogP contribution in [0.25, 0.3) is 0 Å². The van der Waals surface area contributed by atoms with E-state index in [1.165, 1.54) is 0 Å². The number of nitrogens with one attached hydrogen (secondary N) is 1. The van der Waals surface area contributed by atoms with Gasteiger partial charge < -0.3 is 14.2 Å². The van der Waals surface area contributed by atoms with Crippen LogP contribution in [0.5, 0.6) is 5.75 Å². The Balaban J connectivity index is 1.73. The monoisotopic (exact) mass is 500 g/mol. The van der Waals surface area contributed by atoms with E-state index in [4.69, 9.17) is 9.26 Å². The van der Waals surface area contributed by atoms with Crippen LogP contribution < -0.4 is 9.46 Å². The minimum atomic E-state index is -3.53. The second-order valence-corrected chi connectivity index (χ2v) is 10.3. The van der Waals surface area contributed by atoms with Crippen molar-refractivity contribution in [2.45, 2.75) is 45.6 Å². The fourth-order valence-corrected chi connectivity index (χ4v) is 5.26. The molecule has 9 heteroatoms. The third-order valence-corrected chi connectivity index (χ3v) is 7.46. The Labute approximate surface area is 208 Å². The SMILES string of the molecule is CCN(CC)CCCS(=O)(=O)N[C@H](CCc1ccccc1)c1nc(Cc2ccccc2OC)no1. The lowest BCUT2D eigenvalue weighted by atomic mass is 10.1. The number of ether oxygens (including phenoxy) is 1. The van der Waals surface area contributed by atoms with Gasteiger partial charge in [0.05, 0.1) is 12.9 Å². The average Bonchev–Trinajstić information content (AvgIpc) is 3.34. The van der Waals surface area contributed by atoms with Gasteiger partial charge in [0, 0.05) is 12.0 Å². The Bertz CT molecular complexity index is 1130. The molecule has 3 aromatic rings. The Kier molecular flexibility index (Phi) is 10.3. The van der Waals surface area contributed by atoms with Gasteiger partial charge in [0.2, 0.25) is 15.9 Å². The molecule has 0 amide bonds. The number of aryl methyl sites for hydroxylation is 1. The molecule has 190 valence electrons. The minimum Gasteiger partial charge on any atom is -0.496 e. The first-order chi connectivity index (χ1) is 16.9. The highest BCUT2D eigenvalue weighted by atomic mass is 32.2. The van der Waals surface area contributed by atoms with E-state index in [1.54, 1.807) is 7.11 Å². The van der Waals surface area contributed by atoms with Crippen LogP contribution in [-0.2, 0) is 22.9 Å². The molecule has 1 heterocycles. The molecule has 0 bridgehead atoms. The summed E-state index contributed by atoms with van der Waals surface area (Å²) in [6, 6.07) is 17.0. The van der Waals surface area contributed by atoms with Crippen LogP contribution in [0.1, 0.15) is 55.6 Å². The quantitative estimate of drug-likeness (QED) is 0.337. The topological polar surface area (TPSA) is 97.6 Å². The number of methoxy groups -OCH3 is 1. The first kappa shape index (κ1) is 26.8. The molecule has 1 N–H and O–H groups in total. The van der Waals surface area contributed by atoms with Crippen molar-refractivity contribution in [3.63, 3.8) is 0 Å². The molecule has 0 aliphatic carbocycles. The molecule has 1 atom stereocenters. The van der Waals surface area contributed by atoms with Crippen LogP contribution in [0, 0.1) is 0 Å². The molecule has 0 aliphatic heterocycles. The predicted molar refractivity (Wildman–Crippen MR) is 137 cm³/mol. The average molecular weight is 501 g/mol. The number of hydrogen-bond acceptors (Lipinski definition) is 7. The predicted octanol–water partition coefficient (Wildman–Crippen LogP) is 3.99. The van der Waals surface area contributed by atoms with Gasteiger partial charge in [-0.15, -0.1) is 0 Å². The van der Waals surface area contributed by atoms with Crippen molar-refractivity contribution in [2.75, 3.05) is 32.5 Å². The normalized spacial score (nSPS) is 12.7. The summed E-state index contributed by atoms with van der Waals surface area (Å²) in [7, 11) is -1.91. The number of hydrogen-bond donors (Lipinski definition) is 1. The molecule has 0 aliphatic rings. The summed E-state index contributed by atoms with van der Waals surface area (Å²) in [5.41, 5.74) is 2.05. The molecule has 35 heavy (non-hydrogen) atoms. The zero-order chi connectivity index (χ0) is 25.1. The Hall–Kier alpha value is -2.75. The van der Waals surface area contributed by atoms with Gasteiger partial charge in [-0.25, -0.2) is 13.1 Å². The minimum absolute atomic E-state index is 0.0492. The summed E-state index contributed by atoms with van der Waals surface area (Å²) in [5, 5.41) is 4.12. The molecular weight excluding hydrogens is 464 g/mol. The van der Waals surface area contributed by atoms with E-state index < -0.39 is 16.1 Å². The Morgan fingerprint density at radius 2 is 1.77 bits per heavy atom. The van der Waals surface area contributed by atoms with E-state index in [0.717, 1.165) is 36.5 Å². The summed E-state index contributed by atoms with van der Waals surface area (Å²) < 4.78 is 39.6. The molecule has 0 radical (unpaired) electrons. The fourth-order valence-electron chi connectivity index (χ4n) is 3.98. The standard InChI is InChI=1S/C26H36N4O4S/c1-4-30(5-2)18-11-19-35(31,32)29-23(17-16-21-12-7-6-8-13-21)26-27-25(28-34-26)20-22-14-9-10-15-24(22)33-3/h6-10,12-15,23,29H,4-5,11,16-20H2,1-3H3/t23-/m1/s1. The smallest absolute Gasteiger partial charge is 0.244 e. The lowest BCUT2D eigenvalue weighted by Gasteiger charge is -2.19. The molecule has 0 saturated heterocycles. The lowest BCUT2D eigenvalue weighted by molar-refractivity contribution is 0.304. The molecule has 2 aromatic carbocycles. The summed E-state index contributed by atoms with van der Waals surface area (Å²) >= 11 is 0. The number of benzene rings is 2. The van der Waals surface area contributed by atoms with Gasteiger partial charge in [0.25, 0.3) is 0 Å². The summed E-state index contributed by atoms with van der Waals surface area (Å²) in [6.07, 6.45) is 2.17. The summed E-state index contributed by atoms with van der Waals surface area (Å²) in [4.78, 5) is 6.76. The number of sulfonamides is 1. The largest absolute Gasteiger partial charge is 0.496 e. The molecule has 8 nitrogen and oxygen atoms in total. The third-order valence-electron chi connectivity index (χ3n) is 5.99. The van der Waals surface area contributed by atoms with E-state index in [1.807, 2.05) is 54.6 Å². The number of aromatic nitrogens is 2. The van der Waals surface area contributed by atoms with Crippen molar-refractivity contribution in [3.05, 3.63) is 77.4 Å². The molecule has 0 spiro atoms. The van der Waals surface area contributed by atoms with E-state index >= 15 is 0 Å². The van der Waals surface area contributed by atoms with Crippen molar-refractivity contribution in [2.24, 2.45) is 0 Å². The van der Waals surface area contributed by atoms with Crippen LogP contribution in [0.4, 0.5) is 0 Å². The zero-order valence-corrected chi connectivity index (χ0v) is 21.6. The Morgan fingerprint density at radius 1 is 1.06 bits per heavy atom. The van der Waals surface area contributed by atoms with Crippen LogP contribution in [0.15, 0.2) is 59.1 Å². The summed E-state index contributed by atoms with van der Waals surface area (Å²) in [6.45, 7) is 6.70. The number of nitrogens with zero attached hydrogens (tertiary/aromatic N) is 3. The highest BCUT2D eigenvalue weighted by Crippen LogP contribution is 2.23. The van der Waals surface area contributed by atoms with Gasteiger partial charge >= 0.3 is 0 Å². The van der Waals surface area contributed by atoms with Crippen molar-refractivity contribution in [3.8, 4) is 5.75 Å². The van der Waals surface area contributed by atoms with Crippen molar-refractivity contribution >= 4 is 10.0 Å². The molecule has 0 saturated carbocycles. The molecular formula is C26H36N4O4S. The highest BCUT2D eigenvalue weighted by Gasteiger charge is 2.25. The van der Waals surface area contributed by atoms with Gasteiger partial charge in [-0.05, 0) is 50.5 Å². The van der Waals surface area contributed by atoms with E-state index in [-0.39, 0.29) is 11.6 Å². The molecule has 0 unspecified atom stereocenters. The Morgan fingerprint density at radius 3 is 2.49 bits per heavy atom. The third kappa shape index (κ3) is 8.45. The van der Waals surface area contributed by atoms with Crippen LogP contribution in [0.3, 0.4) is 0 Å². The number of para-hydroxylation sites is 1. The van der Waals surface area contributed by atoms with E-state index in [2.05, 4.69) is 33.6 Å². The van der Waals surface area contributed by atoms with Gasteiger partial charge in [0.15, 0.2) is 5.82 Å². The van der Waals surface area contributed by atoms with Crippen molar-refractivity contribution in [1.29, 1.82) is 0 Å². The first-order valence-corrected chi connectivity index (χ1v) is 13.8.